The molecule has 2 aromatic carbocycles. The van der Waals surface area contributed by atoms with Crippen LogP contribution in [-0.2, 0) is 9.53 Å². The van der Waals surface area contributed by atoms with Gasteiger partial charge < -0.3 is 18.9 Å². The van der Waals surface area contributed by atoms with E-state index in [1.165, 1.54) is 11.3 Å². The van der Waals surface area contributed by atoms with Gasteiger partial charge in [-0.1, -0.05) is 22.9 Å². The number of rotatable bonds is 10. The van der Waals surface area contributed by atoms with Crippen molar-refractivity contribution in [2.24, 2.45) is 0 Å². The van der Waals surface area contributed by atoms with Crippen LogP contribution >= 0.6 is 35.3 Å². The maximum atomic E-state index is 13.3. The molecule has 3 aromatic rings. The molecule has 35 heavy (non-hydrogen) atoms. The second kappa shape index (κ2) is 13.1. The molecule has 1 fully saturated rings. The summed E-state index contributed by atoms with van der Waals surface area (Å²) in [5.41, 5.74) is 0.645. The van der Waals surface area contributed by atoms with Crippen molar-refractivity contribution in [3.05, 3.63) is 41.4 Å². The zero-order valence-electron chi connectivity index (χ0n) is 19.7. The Morgan fingerprint density at radius 1 is 1.14 bits per heavy atom. The summed E-state index contributed by atoms with van der Waals surface area (Å²) in [4.78, 5) is 22.0. The van der Waals surface area contributed by atoms with E-state index < -0.39 is 0 Å². The van der Waals surface area contributed by atoms with E-state index in [4.69, 9.17) is 35.5 Å². The Morgan fingerprint density at radius 2 is 1.83 bits per heavy atom. The fourth-order valence-corrected chi connectivity index (χ4v) is 4.94. The lowest BCUT2D eigenvalue weighted by Crippen LogP contribution is -2.44. The van der Waals surface area contributed by atoms with Crippen molar-refractivity contribution in [2.75, 3.05) is 64.6 Å². The van der Waals surface area contributed by atoms with Gasteiger partial charge >= 0.3 is 0 Å². The average Bonchev–Trinajstić information content (AvgIpc) is 3.31. The number of hydrogen-bond donors (Lipinski definition) is 0. The third kappa shape index (κ3) is 6.89. The average molecular weight is 542 g/mol. The summed E-state index contributed by atoms with van der Waals surface area (Å²) >= 11 is 7.79. The first-order valence-corrected chi connectivity index (χ1v) is 12.4. The summed E-state index contributed by atoms with van der Waals surface area (Å²) in [7, 11) is 1.59. The fraction of sp³-hybridized carbons (Fsp3) is 0.417. The van der Waals surface area contributed by atoms with Crippen LogP contribution in [0.2, 0.25) is 5.02 Å². The van der Waals surface area contributed by atoms with Crippen molar-refractivity contribution in [2.45, 2.75) is 6.92 Å². The van der Waals surface area contributed by atoms with Gasteiger partial charge in [-0.25, -0.2) is 4.98 Å². The van der Waals surface area contributed by atoms with E-state index in [0.29, 0.717) is 60.1 Å². The number of hydrogen-bond acceptors (Lipinski definition) is 8. The van der Waals surface area contributed by atoms with Gasteiger partial charge in [-0.05, 0) is 43.3 Å². The third-order valence-electron chi connectivity index (χ3n) is 5.44. The summed E-state index contributed by atoms with van der Waals surface area (Å²) in [5.74, 6) is 1.79. The number of amides is 1. The molecule has 190 valence electrons. The largest absolute Gasteiger partial charge is 0.494 e. The number of fused-ring (bicyclic) bond motifs is 1. The van der Waals surface area contributed by atoms with E-state index in [1.807, 2.05) is 19.1 Å². The van der Waals surface area contributed by atoms with E-state index in [2.05, 4.69) is 4.90 Å². The predicted octanol–water partition coefficient (Wildman–Crippen LogP) is 4.52. The van der Waals surface area contributed by atoms with E-state index in [-0.39, 0.29) is 24.9 Å². The van der Waals surface area contributed by atoms with Gasteiger partial charge in [0.2, 0.25) is 0 Å². The van der Waals surface area contributed by atoms with Gasteiger partial charge in [0.05, 0.1) is 36.7 Å². The lowest BCUT2D eigenvalue weighted by Gasteiger charge is -2.29. The van der Waals surface area contributed by atoms with Crippen LogP contribution < -0.4 is 19.1 Å². The first kappa shape index (κ1) is 27.3. The first-order valence-electron chi connectivity index (χ1n) is 11.2. The summed E-state index contributed by atoms with van der Waals surface area (Å²) < 4.78 is 22.9. The number of methoxy groups -OCH3 is 1. The SMILES string of the molecule is CCOc1ccc(OCC(=O)N(CCN2CCOCC2)c2nc3c(OC)ccc(Cl)c3s2)cc1.Cl. The molecular weight excluding hydrogens is 513 g/mol. The minimum absolute atomic E-state index is 0. The van der Waals surface area contributed by atoms with Crippen molar-refractivity contribution in [3.8, 4) is 17.2 Å². The van der Waals surface area contributed by atoms with Crippen LogP contribution in [0.25, 0.3) is 10.2 Å². The second-order valence-corrected chi connectivity index (χ2v) is 9.00. The Morgan fingerprint density at radius 3 is 2.49 bits per heavy atom. The Bertz CT molecular complexity index is 1110. The van der Waals surface area contributed by atoms with Crippen LogP contribution in [0.4, 0.5) is 5.13 Å². The normalized spacial score (nSPS) is 13.8. The second-order valence-electron chi connectivity index (χ2n) is 7.62. The van der Waals surface area contributed by atoms with Crippen molar-refractivity contribution < 1.29 is 23.7 Å². The number of morpholine rings is 1. The molecule has 11 heteroatoms. The van der Waals surface area contributed by atoms with E-state index in [0.717, 1.165) is 23.5 Å². The molecule has 0 spiro atoms. The van der Waals surface area contributed by atoms with Gasteiger partial charge in [0, 0.05) is 26.2 Å². The number of thiazole rings is 1. The molecule has 0 atom stereocenters. The van der Waals surface area contributed by atoms with Crippen LogP contribution in [0.1, 0.15) is 6.92 Å². The van der Waals surface area contributed by atoms with Gasteiger partial charge in [0.25, 0.3) is 5.91 Å². The molecular formula is C24H29Cl2N3O5S. The van der Waals surface area contributed by atoms with E-state index >= 15 is 0 Å². The molecule has 4 rings (SSSR count). The summed E-state index contributed by atoms with van der Waals surface area (Å²) in [6.07, 6.45) is 0. The van der Waals surface area contributed by atoms with Crippen LogP contribution in [0, 0.1) is 0 Å². The minimum Gasteiger partial charge on any atom is -0.494 e. The van der Waals surface area contributed by atoms with Crippen molar-refractivity contribution in [1.29, 1.82) is 0 Å². The zero-order chi connectivity index (χ0) is 23.9. The molecule has 1 amide bonds. The standard InChI is InChI=1S/C24H28ClN3O5S.ClH/c1-3-32-17-4-6-18(7-5-17)33-16-21(29)28(11-10-27-12-14-31-15-13-27)24-26-22-20(30-2)9-8-19(25)23(22)34-24;/h4-9H,3,10-16H2,1-2H3;1H. The van der Waals surface area contributed by atoms with Gasteiger partial charge in [0.1, 0.15) is 22.8 Å². The molecule has 0 N–H and O–H groups in total. The number of anilines is 1. The van der Waals surface area contributed by atoms with Crippen molar-refractivity contribution >= 4 is 56.6 Å². The number of carbonyl (C=O) groups excluding carboxylic acids is 1. The quantitative estimate of drug-likeness (QED) is 0.373. The molecule has 0 unspecified atom stereocenters. The zero-order valence-corrected chi connectivity index (χ0v) is 22.1. The Labute approximate surface area is 220 Å². The summed E-state index contributed by atoms with van der Waals surface area (Å²) in [6, 6.07) is 10.8. The number of nitrogens with zero attached hydrogens (tertiary/aromatic N) is 3. The van der Waals surface area contributed by atoms with Crippen molar-refractivity contribution in [1.82, 2.24) is 9.88 Å². The summed E-state index contributed by atoms with van der Waals surface area (Å²) in [5, 5.41) is 1.14. The van der Waals surface area contributed by atoms with Gasteiger partial charge in [-0.2, -0.15) is 0 Å². The number of ether oxygens (including phenoxy) is 4. The van der Waals surface area contributed by atoms with E-state index in [9.17, 15) is 4.79 Å². The third-order valence-corrected chi connectivity index (χ3v) is 6.98. The van der Waals surface area contributed by atoms with Gasteiger partial charge in [-0.3, -0.25) is 14.6 Å². The predicted molar refractivity (Wildman–Crippen MR) is 141 cm³/mol. The molecule has 0 bridgehead atoms. The highest BCUT2D eigenvalue weighted by Gasteiger charge is 2.24. The maximum absolute atomic E-state index is 13.3. The highest BCUT2D eigenvalue weighted by Crippen LogP contribution is 2.38. The molecule has 2 heterocycles. The van der Waals surface area contributed by atoms with Gasteiger partial charge in [0.15, 0.2) is 11.7 Å². The van der Waals surface area contributed by atoms with Crippen LogP contribution in [0.15, 0.2) is 36.4 Å². The fourth-order valence-electron chi connectivity index (χ4n) is 3.64. The molecule has 1 aliphatic rings. The maximum Gasteiger partial charge on any atom is 0.266 e. The number of halogens is 2. The van der Waals surface area contributed by atoms with Crippen LogP contribution in [0.3, 0.4) is 0 Å². The lowest BCUT2D eigenvalue weighted by molar-refractivity contribution is -0.120. The monoisotopic (exact) mass is 541 g/mol. The molecule has 0 saturated carbocycles. The molecule has 0 aliphatic carbocycles. The number of aromatic nitrogens is 1. The highest BCUT2D eigenvalue weighted by molar-refractivity contribution is 7.23. The number of carbonyl (C=O) groups is 1. The molecule has 0 radical (unpaired) electrons. The van der Waals surface area contributed by atoms with Crippen LogP contribution in [0.5, 0.6) is 17.2 Å². The number of benzene rings is 2. The lowest BCUT2D eigenvalue weighted by atomic mass is 10.3. The Hall–Kier alpha value is -2.30. The Balaban J connectivity index is 0.00000342. The first-order chi connectivity index (χ1) is 16.6. The summed E-state index contributed by atoms with van der Waals surface area (Å²) in [6.45, 7) is 6.66. The molecule has 1 aliphatic heterocycles. The molecule has 1 aromatic heterocycles. The molecule has 8 nitrogen and oxygen atoms in total. The molecule has 1 saturated heterocycles. The van der Waals surface area contributed by atoms with E-state index in [1.54, 1.807) is 36.3 Å². The van der Waals surface area contributed by atoms with Gasteiger partial charge in [-0.15, -0.1) is 12.4 Å². The highest BCUT2D eigenvalue weighted by atomic mass is 35.5. The van der Waals surface area contributed by atoms with Crippen molar-refractivity contribution in [3.63, 3.8) is 0 Å². The minimum atomic E-state index is -0.184. The topological polar surface area (TPSA) is 73.4 Å². The Kier molecular flexibility index (Phi) is 10.2. The van der Waals surface area contributed by atoms with Crippen LogP contribution in [-0.4, -0.2) is 75.5 Å². The smallest absolute Gasteiger partial charge is 0.266 e.